The summed E-state index contributed by atoms with van der Waals surface area (Å²) in [5.74, 6) is 3.80. The Balaban J connectivity index is 1.87. The highest BCUT2D eigenvalue weighted by atomic mass is 16.5. The highest BCUT2D eigenvalue weighted by Gasteiger charge is 2.34. The van der Waals surface area contributed by atoms with Crippen LogP contribution in [0.2, 0.25) is 0 Å². The topological polar surface area (TPSA) is 35.5 Å². The van der Waals surface area contributed by atoms with E-state index < -0.39 is 0 Å². The van der Waals surface area contributed by atoms with Gasteiger partial charge in [-0.3, -0.25) is 0 Å². The highest BCUT2D eigenvalue weighted by Crippen LogP contribution is 2.45. The quantitative estimate of drug-likeness (QED) is 0.145. The van der Waals surface area contributed by atoms with Gasteiger partial charge >= 0.3 is 5.97 Å². The van der Waals surface area contributed by atoms with Crippen LogP contribution in [0.1, 0.15) is 128 Å². The third-order valence-electron chi connectivity index (χ3n) is 8.38. The van der Waals surface area contributed by atoms with Crippen LogP contribution in [-0.2, 0) is 11.2 Å². The molecule has 0 amide bonds. The minimum atomic E-state index is -0.364. The second kappa shape index (κ2) is 13.7. The van der Waals surface area contributed by atoms with Gasteiger partial charge in [-0.05, 0) is 94.7 Å². The van der Waals surface area contributed by atoms with E-state index in [1.54, 1.807) is 6.92 Å². The van der Waals surface area contributed by atoms with Crippen molar-refractivity contribution in [3.63, 3.8) is 0 Å². The lowest BCUT2D eigenvalue weighted by Gasteiger charge is -2.38. The standard InChI is InChI=1S/C33H54O3/c1-22(2)14-11-15-24(5)16-12-17-25(6)18-13-20-33(10)21-19-29-28(9)30(35-32(34)23(3)4)26(7)27(8)31(29)36-33/h22,24-25H,3,11-21H2,1-2,4-10H3. The number of fused-ring (bicyclic) bond motifs is 1. The fourth-order valence-corrected chi connectivity index (χ4v) is 5.59. The Kier molecular flexibility index (Phi) is 11.6. The number of rotatable bonds is 14. The van der Waals surface area contributed by atoms with Crippen LogP contribution in [0.4, 0.5) is 0 Å². The van der Waals surface area contributed by atoms with E-state index in [1.807, 2.05) is 13.8 Å². The summed E-state index contributed by atoms with van der Waals surface area (Å²) in [6, 6.07) is 0. The molecule has 36 heavy (non-hydrogen) atoms. The fraction of sp³-hybridized carbons (Fsp3) is 0.727. The van der Waals surface area contributed by atoms with Crippen molar-refractivity contribution in [3.8, 4) is 11.5 Å². The molecule has 3 nitrogen and oxygen atoms in total. The molecular weight excluding hydrogens is 444 g/mol. The lowest BCUT2D eigenvalue weighted by atomic mass is 9.83. The number of carbonyl (C=O) groups excluding carboxylic acids is 1. The van der Waals surface area contributed by atoms with Crippen LogP contribution in [0.25, 0.3) is 0 Å². The number of benzene rings is 1. The first kappa shape index (κ1) is 30.5. The molecule has 0 radical (unpaired) electrons. The monoisotopic (exact) mass is 498 g/mol. The fourth-order valence-electron chi connectivity index (χ4n) is 5.59. The predicted octanol–water partition coefficient (Wildman–Crippen LogP) is 9.62. The van der Waals surface area contributed by atoms with E-state index >= 15 is 0 Å². The first-order valence-electron chi connectivity index (χ1n) is 14.5. The molecule has 0 fully saturated rings. The molecule has 0 spiro atoms. The summed E-state index contributed by atoms with van der Waals surface area (Å²) < 4.78 is 12.4. The largest absolute Gasteiger partial charge is 0.487 e. The van der Waals surface area contributed by atoms with Crippen molar-refractivity contribution in [1.29, 1.82) is 0 Å². The van der Waals surface area contributed by atoms with Gasteiger partial charge in [-0.2, -0.15) is 0 Å². The van der Waals surface area contributed by atoms with E-state index in [2.05, 4.69) is 48.1 Å². The van der Waals surface area contributed by atoms with Crippen LogP contribution in [0, 0.1) is 38.5 Å². The van der Waals surface area contributed by atoms with Crippen LogP contribution in [0.15, 0.2) is 12.2 Å². The Morgan fingerprint density at radius 2 is 1.47 bits per heavy atom. The van der Waals surface area contributed by atoms with Crippen molar-refractivity contribution >= 4 is 5.97 Å². The van der Waals surface area contributed by atoms with Gasteiger partial charge < -0.3 is 9.47 Å². The Morgan fingerprint density at radius 1 is 0.917 bits per heavy atom. The number of hydrogen-bond acceptors (Lipinski definition) is 3. The van der Waals surface area contributed by atoms with E-state index in [0.29, 0.717) is 11.3 Å². The highest BCUT2D eigenvalue weighted by molar-refractivity contribution is 5.89. The number of esters is 1. The molecule has 3 unspecified atom stereocenters. The Labute approximate surface area is 222 Å². The average Bonchev–Trinajstić information content (AvgIpc) is 2.79. The summed E-state index contributed by atoms with van der Waals surface area (Å²) in [5, 5.41) is 0. The Morgan fingerprint density at radius 3 is 2.03 bits per heavy atom. The van der Waals surface area contributed by atoms with Crippen molar-refractivity contribution in [2.24, 2.45) is 17.8 Å². The Hall–Kier alpha value is -1.77. The minimum Gasteiger partial charge on any atom is -0.487 e. The minimum absolute atomic E-state index is 0.128. The Bertz CT molecular complexity index is 897. The van der Waals surface area contributed by atoms with Crippen LogP contribution in [0.5, 0.6) is 11.5 Å². The summed E-state index contributed by atoms with van der Waals surface area (Å²) in [5.41, 5.74) is 4.57. The van der Waals surface area contributed by atoms with Crippen LogP contribution in [-0.4, -0.2) is 11.6 Å². The zero-order chi connectivity index (χ0) is 27.0. The lowest BCUT2D eigenvalue weighted by molar-refractivity contribution is -0.130. The molecule has 1 aromatic carbocycles. The molecule has 0 saturated carbocycles. The van der Waals surface area contributed by atoms with Crippen molar-refractivity contribution < 1.29 is 14.3 Å². The zero-order valence-corrected chi connectivity index (χ0v) is 24.9. The van der Waals surface area contributed by atoms with Gasteiger partial charge in [0.2, 0.25) is 0 Å². The second-order valence-electron chi connectivity index (χ2n) is 12.6. The van der Waals surface area contributed by atoms with Gasteiger partial charge in [-0.15, -0.1) is 0 Å². The summed E-state index contributed by atoms with van der Waals surface area (Å²) in [6.45, 7) is 23.3. The molecule has 204 valence electrons. The van der Waals surface area contributed by atoms with Gasteiger partial charge in [0.1, 0.15) is 17.1 Å². The maximum absolute atomic E-state index is 12.2. The van der Waals surface area contributed by atoms with Gasteiger partial charge in [0, 0.05) is 11.1 Å². The predicted molar refractivity (Wildman–Crippen MR) is 153 cm³/mol. The second-order valence-corrected chi connectivity index (χ2v) is 12.6. The molecule has 0 aliphatic carbocycles. The first-order valence-corrected chi connectivity index (χ1v) is 14.5. The molecule has 1 aliphatic rings. The SMILES string of the molecule is C=C(C)C(=O)Oc1c(C)c(C)c2c(c1C)CCC(C)(CCCC(C)CCCC(C)CCCC(C)C)O2. The van der Waals surface area contributed by atoms with Crippen molar-refractivity contribution in [1.82, 2.24) is 0 Å². The van der Waals surface area contributed by atoms with Gasteiger partial charge in [-0.1, -0.05) is 79.2 Å². The maximum atomic E-state index is 12.2. The molecule has 2 rings (SSSR count). The van der Waals surface area contributed by atoms with E-state index in [1.165, 1.54) is 56.9 Å². The van der Waals surface area contributed by atoms with E-state index in [0.717, 1.165) is 59.5 Å². The maximum Gasteiger partial charge on any atom is 0.338 e. The summed E-state index contributed by atoms with van der Waals surface area (Å²) in [6.07, 6.45) is 13.8. The van der Waals surface area contributed by atoms with Crippen LogP contribution >= 0.6 is 0 Å². The molecule has 3 atom stereocenters. The lowest BCUT2D eigenvalue weighted by Crippen LogP contribution is -2.37. The van der Waals surface area contributed by atoms with E-state index in [9.17, 15) is 4.79 Å². The van der Waals surface area contributed by atoms with Crippen LogP contribution in [0.3, 0.4) is 0 Å². The van der Waals surface area contributed by atoms with Crippen molar-refractivity contribution in [2.75, 3.05) is 0 Å². The smallest absolute Gasteiger partial charge is 0.338 e. The molecule has 0 aromatic heterocycles. The van der Waals surface area contributed by atoms with Gasteiger partial charge in [0.05, 0.1) is 0 Å². The normalized spacial score (nSPS) is 18.9. The number of carbonyl (C=O) groups is 1. The summed E-state index contributed by atoms with van der Waals surface area (Å²) in [4.78, 5) is 12.2. The number of hydrogen-bond donors (Lipinski definition) is 0. The summed E-state index contributed by atoms with van der Waals surface area (Å²) >= 11 is 0. The van der Waals surface area contributed by atoms with Gasteiger partial charge in [0.15, 0.2) is 0 Å². The zero-order valence-electron chi connectivity index (χ0n) is 24.9. The average molecular weight is 499 g/mol. The molecular formula is C33H54O3. The van der Waals surface area contributed by atoms with Crippen LogP contribution < -0.4 is 9.47 Å². The molecule has 0 bridgehead atoms. The van der Waals surface area contributed by atoms with E-state index in [4.69, 9.17) is 9.47 Å². The third kappa shape index (κ3) is 8.67. The van der Waals surface area contributed by atoms with Crippen molar-refractivity contribution in [2.45, 2.75) is 139 Å². The summed E-state index contributed by atoms with van der Waals surface area (Å²) in [7, 11) is 0. The third-order valence-corrected chi connectivity index (χ3v) is 8.38. The molecule has 1 aromatic rings. The molecule has 1 aliphatic heterocycles. The molecule has 1 heterocycles. The van der Waals surface area contributed by atoms with Gasteiger partial charge in [-0.25, -0.2) is 4.79 Å². The van der Waals surface area contributed by atoms with E-state index in [-0.39, 0.29) is 11.6 Å². The van der Waals surface area contributed by atoms with Gasteiger partial charge in [0.25, 0.3) is 0 Å². The molecule has 0 saturated heterocycles. The molecule has 3 heteroatoms. The first-order chi connectivity index (χ1) is 16.8. The number of ether oxygens (including phenoxy) is 2. The van der Waals surface area contributed by atoms with Crippen molar-refractivity contribution in [3.05, 3.63) is 34.4 Å². The molecule has 0 N–H and O–H groups in total.